The monoisotopic (exact) mass is 299 g/mol. The first-order valence-corrected chi connectivity index (χ1v) is 7.53. The van der Waals surface area contributed by atoms with Gasteiger partial charge in [0.05, 0.1) is 11.7 Å². The zero-order valence-corrected chi connectivity index (χ0v) is 12.7. The normalized spacial score (nSPS) is 16.7. The molecule has 1 heterocycles. The van der Waals surface area contributed by atoms with Crippen LogP contribution in [0.15, 0.2) is 53.5 Å². The lowest BCUT2D eigenvalue weighted by atomic mass is 10.0. The lowest BCUT2D eigenvalue weighted by molar-refractivity contribution is 0.673. The van der Waals surface area contributed by atoms with E-state index in [4.69, 9.17) is 11.6 Å². The highest BCUT2D eigenvalue weighted by atomic mass is 35.5. The van der Waals surface area contributed by atoms with Gasteiger partial charge in [-0.15, -0.1) is 0 Å². The van der Waals surface area contributed by atoms with Gasteiger partial charge in [-0.3, -0.25) is 0 Å². The Hall–Kier alpha value is -2.00. The number of halogens is 1. The average Bonchev–Trinajstić information content (AvgIpc) is 2.48. The highest BCUT2D eigenvalue weighted by Crippen LogP contribution is 2.34. The largest absolute Gasteiger partial charge is 0.356 e. The standard InChI is InChI=1S/C17H18ClN3/c1-12-16-14(18)8-5-9-15(16)21-17(20-12)19-11-10-13-6-3-2-4-7-13/h2-9,12H,10-11H2,1H3,(H2,19,20,21). The van der Waals surface area contributed by atoms with Crippen molar-refractivity contribution in [2.75, 3.05) is 6.54 Å². The van der Waals surface area contributed by atoms with Crippen molar-refractivity contribution in [2.24, 2.45) is 4.99 Å². The van der Waals surface area contributed by atoms with Crippen molar-refractivity contribution in [3.05, 3.63) is 64.7 Å². The van der Waals surface area contributed by atoms with Crippen molar-refractivity contribution >= 4 is 23.2 Å². The predicted molar refractivity (Wildman–Crippen MR) is 88.2 cm³/mol. The molecule has 0 saturated heterocycles. The van der Waals surface area contributed by atoms with Gasteiger partial charge in [0, 0.05) is 17.1 Å². The molecular weight excluding hydrogens is 282 g/mol. The number of rotatable bonds is 3. The molecule has 3 rings (SSSR count). The minimum Gasteiger partial charge on any atom is -0.356 e. The van der Waals surface area contributed by atoms with Crippen LogP contribution in [0.5, 0.6) is 0 Å². The Labute approximate surface area is 130 Å². The molecule has 0 saturated carbocycles. The van der Waals surface area contributed by atoms with Crippen LogP contribution in [0.25, 0.3) is 0 Å². The summed E-state index contributed by atoms with van der Waals surface area (Å²) in [6.07, 6.45) is 0.971. The third kappa shape index (κ3) is 3.19. The smallest absolute Gasteiger partial charge is 0.197 e. The van der Waals surface area contributed by atoms with Gasteiger partial charge < -0.3 is 10.6 Å². The van der Waals surface area contributed by atoms with Crippen LogP contribution in [-0.4, -0.2) is 12.5 Å². The summed E-state index contributed by atoms with van der Waals surface area (Å²) < 4.78 is 0. The van der Waals surface area contributed by atoms with Gasteiger partial charge in [0.2, 0.25) is 0 Å². The van der Waals surface area contributed by atoms with Crippen LogP contribution in [-0.2, 0) is 6.42 Å². The van der Waals surface area contributed by atoms with Gasteiger partial charge >= 0.3 is 0 Å². The second-order valence-corrected chi connectivity index (χ2v) is 5.57. The quantitative estimate of drug-likeness (QED) is 0.904. The topological polar surface area (TPSA) is 36.4 Å². The van der Waals surface area contributed by atoms with Crippen molar-refractivity contribution in [1.29, 1.82) is 0 Å². The zero-order chi connectivity index (χ0) is 14.7. The Morgan fingerprint density at radius 3 is 2.76 bits per heavy atom. The highest BCUT2D eigenvalue weighted by molar-refractivity contribution is 6.31. The van der Waals surface area contributed by atoms with Gasteiger partial charge in [0.1, 0.15) is 0 Å². The maximum Gasteiger partial charge on any atom is 0.197 e. The second kappa shape index (κ2) is 6.19. The zero-order valence-electron chi connectivity index (χ0n) is 11.9. The van der Waals surface area contributed by atoms with Gasteiger partial charge in [-0.25, -0.2) is 4.99 Å². The fourth-order valence-electron chi connectivity index (χ4n) is 2.54. The summed E-state index contributed by atoms with van der Waals surface area (Å²) in [5.41, 5.74) is 3.32. The molecule has 108 valence electrons. The predicted octanol–water partition coefficient (Wildman–Crippen LogP) is 3.82. The number of guanidine groups is 1. The lowest BCUT2D eigenvalue weighted by Gasteiger charge is -2.25. The summed E-state index contributed by atoms with van der Waals surface area (Å²) in [6, 6.07) is 16.4. The Morgan fingerprint density at radius 2 is 1.95 bits per heavy atom. The van der Waals surface area contributed by atoms with E-state index in [9.17, 15) is 0 Å². The fraction of sp³-hybridized carbons (Fsp3) is 0.235. The van der Waals surface area contributed by atoms with Crippen molar-refractivity contribution < 1.29 is 0 Å². The van der Waals surface area contributed by atoms with Gasteiger partial charge in [-0.2, -0.15) is 0 Å². The summed E-state index contributed by atoms with van der Waals surface area (Å²) in [4.78, 5) is 4.60. The van der Waals surface area contributed by atoms with Crippen LogP contribution >= 0.6 is 11.6 Å². The summed E-state index contributed by atoms with van der Waals surface area (Å²) in [6.45, 7) is 2.94. The van der Waals surface area contributed by atoms with Gasteiger partial charge in [-0.1, -0.05) is 48.0 Å². The number of fused-ring (bicyclic) bond motifs is 1. The van der Waals surface area contributed by atoms with Crippen LogP contribution < -0.4 is 10.6 Å². The summed E-state index contributed by atoms with van der Waals surface area (Å²) in [5, 5.41) is 7.47. The molecule has 0 spiro atoms. The third-order valence-corrected chi connectivity index (χ3v) is 3.93. The first kappa shape index (κ1) is 14.0. The van der Waals surface area contributed by atoms with Crippen LogP contribution in [0.2, 0.25) is 5.02 Å². The molecule has 4 heteroatoms. The van der Waals surface area contributed by atoms with Crippen LogP contribution in [0.3, 0.4) is 0 Å². The number of nitrogens with zero attached hydrogens (tertiary/aromatic N) is 1. The maximum atomic E-state index is 6.24. The molecule has 2 aromatic carbocycles. The van der Waals surface area contributed by atoms with Gasteiger partial charge in [0.15, 0.2) is 5.96 Å². The van der Waals surface area contributed by atoms with E-state index in [0.29, 0.717) is 0 Å². The molecular formula is C17H18ClN3. The van der Waals surface area contributed by atoms with Crippen molar-refractivity contribution in [1.82, 2.24) is 10.6 Å². The number of benzene rings is 2. The fourth-order valence-corrected chi connectivity index (χ4v) is 2.88. The molecule has 1 aliphatic heterocycles. The number of hydrogen-bond acceptors (Lipinski definition) is 3. The van der Waals surface area contributed by atoms with Crippen molar-refractivity contribution in [2.45, 2.75) is 19.4 Å². The SMILES string of the molecule is CC1NC(NCCc2ccccc2)=Nc2cccc(Cl)c21. The molecule has 21 heavy (non-hydrogen) atoms. The molecule has 0 aromatic heterocycles. The molecule has 1 unspecified atom stereocenters. The molecule has 0 fully saturated rings. The summed E-state index contributed by atoms with van der Waals surface area (Å²) in [5.74, 6) is 0.813. The van der Waals surface area contributed by atoms with E-state index in [1.165, 1.54) is 5.56 Å². The van der Waals surface area contributed by atoms with Crippen LogP contribution in [0, 0.1) is 0 Å². The third-order valence-electron chi connectivity index (χ3n) is 3.60. The van der Waals surface area contributed by atoms with E-state index >= 15 is 0 Å². The molecule has 2 N–H and O–H groups in total. The molecule has 0 amide bonds. The van der Waals surface area contributed by atoms with Crippen molar-refractivity contribution in [3.8, 4) is 0 Å². The molecule has 1 atom stereocenters. The van der Waals surface area contributed by atoms with Gasteiger partial charge in [0.25, 0.3) is 0 Å². The van der Waals surface area contributed by atoms with E-state index in [0.717, 1.165) is 35.2 Å². The average molecular weight is 300 g/mol. The maximum absolute atomic E-state index is 6.24. The number of nitrogens with one attached hydrogen (secondary N) is 2. The Kier molecular flexibility index (Phi) is 4.11. The molecule has 0 bridgehead atoms. The van der Waals surface area contributed by atoms with E-state index in [-0.39, 0.29) is 6.04 Å². The van der Waals surface area contributed by atoms with Crippen molar-refractivity contribution in [3.63, 3.8) is 0 Å². The highest BCUT2D eigenvalue weighted by Gasteiger charge is 2.20. The second-order valence-electron chi connectivity index (χ2n) is 5.16. The molecule has 0 aliphatic carbocycles. The summed E-state index contributed by atoms with van der Waals surface area (Å²) in [7, 11) is 0. The van der Waals surface area contributed by atoms with Crippen LogP contribution in [0.4, 0.5) is 5.69 Å². The number of hydrogen-bond donors (Lipinski definition) is 2. The minimum absolute atomic E-state index is 0.158. The van der Waals surface area contributed by atoms with E-state index in [1.807, 2.05) is 24.3 Å². The minimum atomic E-state index is 0.158. The molecule has 1 aliphatic rings. The van der Waals surface area contributed by atoms with E-state index in [1.54, 1.807) is 0 Å². The first-order chi connectivity index (χ1) is 10.2. The van der Waals surface area contributed by atoms with Crippen LogP contribution in [0.1, 0.15) is 24.1 Å². The van der Waals surface area contributed by atoms with E-state index < -0.39 is 0 Å². The lowest BCUT2D eigenvalue weighted by Crippen LogP contribution is -2.41. The van der Waals surface area contributed by atoms with Gasteiger partial charge in [-0.05, 0) is 31.0 Å². The Morgan fingerprint density at radius 1 is 1.14 bits per heavy atom. The molecule has 0 radical (unpaired) electrons. The number of aliphatic imine (C=N–C) groups is 1. The first-order valence-electron chi connectivity index (χ1n) is 7.15. The molecule has 2 aromatic rings. The molecule has 3 nitrogen and oxygen atoms in total. The summed E-state index contributed by atoms with van der Waals surface area (Å²) >= 11 is 6.24. The Bertz CT molecular complexity index is 652. The Balaban J connectivity index is 1.67. The van der Waals surface area contributed by atoms with E-state index in [2.05, 4.69) is 46.8 Å².